The minimum atomic E-state index is -0.507. The summed E-state index contributed by atoms with van der Waals surface area (Å²) in [6.45, 7) is 3.44. The molecule has 1 aromatic rings. The molecule has 2 rings (SSSR count). The second kappa shape index (κ2) is 7.58. The topological polar surface area (TPSA) is 21.3 Å². The summed E-state index contributed by atoms with van der Waals surface area (Å²) in [5.41, 5.74) is 0. The number of halogens is 2. The highest BCUT2D eigenvalue weighted by molar-refractivity contribution is 5.24. The smallest absolute Gasteiger partial charge is 0.165 e. The Labute approximate surface area is 119 Å². The Hall–Kier alpha value is -1.16. The Balaban J connectivity index is 1.94. The lowest BCUT2D eigenvalue weighted by Gasteiger charge is -2.25. The summed E-state index contributed by atoms with van der Waals surface area (Å²) in [6.07, 6.45) is 5.94. The maximum Gasteiger partial charge on any atom is 0.165 e. The van der Waals surface area contributed by atoms with Gasteiger partial charge in [-0.2, -0.15) is 0 Å². The van der Waals surface area contributed by atoms with Crippen LogP contribution in [0.5, 0.6) is 5.75 Å². The van der Waals surface area contributed by atoms with E-state index >= 15 is 0 Å². The molecule has 0 aromatic heterocycles. The van der Waals surface area contributed by atoms with Crippen LogP contribution in [-0.4, -0.2) is 19.2 Å². The summed E-state index contributed by atoms with van der Waals surface area (Å²) < 4.78 is 32.2. The zero-order valence-corrected chi connectivity index (χ0v) is 12.0. The van der Waals surface area contributed by atoms with E-state index < -0.39 is 11.6 Å². The van der Waals surface area contributed by atoms with Crippen molar-refractivity contribution in [3.8, 4) is 5.75 Å². The fourth-order valence-electron chi connectivity index (χ4n) is 2.82. The Morgan fingerprint density at radius 1 is 1.30 bits per heavy atom. The van der Waals surface area contributed by atoms with Crippen LogP contribution in [0.4, 0.5) is 8.78 Å². The summed E-state index contributed by atoms with van der Waals surface area (Å²) in [7, 11) is 0. The van der Waals surface area contributed by atoms with E-state index in [1.54, 1.807) is 0 Å². The zero-order chi connectivity index (χ0) is 14.4. The molecule has 1 aliphatic carbocycles. The Kier molecular flexibility index (Phi) is 5.77. The summed E-state index contributed by atoms with van der Waals surface area (Å²) in [5, 5.41) is 3.47. The molecule has 0 amide bonds. The van der Waals surface area contributed by atoms with Crippen molar-refractivity contribution in [1.82, 2.24) is 5.32 Å². The van der Waals surface area contributed by atoms with Crippen molar-refractivity contribution in [3.05, 3.63) is 29.8 Å². The van der Waals surface area contributed by atoms with Crippen molar-refractivity contribution in [3.63, 3.8) is 0 Å². The summed E-state index contributed by atoms with van der Waals surface area (Å²) >= 11 is 0. The maximum atomic E-state index is 13.5. The molecular formula is C16H23F2NO. The molecule has 112 valence electrons. The molecule has 4 heteroatoms. The molecule has 0 aliphatic heterocycles. The number of nitrogens with one attached hydrogen (secondary N) is 1. The predicted molar refractivity (Wildman–Crippen MR) is 75.9 cm³/mol. The van der Waals surface area contributed by atoms with Crippen LogP contribution < -0.4 is 10.1 Å². The Morgan fingerprint density at radius 3 is 2.75 bits per heavy atom. The molecule has 0 spiro atoms. The largest absolute Gasteiger partial charge is 0.489 e. The normalized spacial score (nSPS) is 17.4. The first-order valence-corrected chi connectivity index (χ1v) is 7.52. The molecule has 0 bridgehead atoms. The molecule has 1 saturated carbocycles. The molecule has 0 saturated heterocycles. The number of hydrogen-bond acceptors (Lipinski definition) is 2. The predicted octanol–water partition coefficient (Wildman–Crippen LogP) is 3.90. The minimum Gasteiger partial charge on any atom is -0.489 e. The standard InChI is InChI=1S/C16H23F2NO/c1-2-9-19-15(12-5-3-4-6-12)11-20-16-10-13(17)7-8-14(16)18/h7-8,10,12,15,19H,2-6,9,11H2,1H3. The molecule has 1 unspecified atom stereocenters. The van der Waals surface area contributed by atoms with E-state index in [1.165, 1.54) is 25.7 Å². The maximum absolute atomic E-state index is 13.5. The van der Waals surface area contributed by atoms with Crippen molar-refractivity contribution in [1.29, 1.82) is 0 Å². The molecule has 20 heavy (non-hydrogen) atoms. The molecule has 2 nitrogen and oxygen atoms in total. The van der Waals surface area contributed by atoms with E-state index in [0.29, 0.717) is 12.5 Å². The van der Waals surface area contributed by atoms with Crippen LogP contribution in [-0.2, 0) is 0 Å². The molecule has 1 atom stereocenters. The van der Waals surface area contributed by atoms with Crippen molar-refractivity contribution in [2.75, 3.05) is 13.2 Å². The second-order valence-corrected chi connectivity index (χ2v) is 5.49. The van der Waals surface area contributed by atoms with Crippen molar-refractivity contribution >= 4 is 0 Å². The molecule has 1 fully saturated rings. The average molecular weight is 283 g/mol. The summed E-state index contributed by atoms with van der Waals surface area (Å²) in [5.74, 6) is -0.392. The highest BCUT2D eigenvalue weighted by Gasteiger charge is 2.25. The Morgan fingerprint density at radius 2 is 2.05 bits per heavy atom. The van der Waals surface area contributed by atoms with E-state index in [-0.39, 0.29) is 11.8 Å². The van der Waals surface area contributed by atoms with Crippen LogP contribution in [0.3, 0.4) is 0 Å². The average Bonchev–Trinajstić information content (AvgIpc) is 2.96. The van der Waals surface area contributed by atoms with E-state index in [2.05, 4.69) is 12.2 Å². The fraction of sp³-hybridized carbons (Fsp3) is 0.625. The lowest BCUT2D eigenvalue weighted by molar-refractivity contribution is 0.210. The van der Waals surface area contributed by atoms with Gasteiger partial charge in [0.15, 0.2) is 11.6 Å². The van der Waals surface area contributed by atoms with Crippen LogP contribution in [0.25, 0.3) is 0 Å². The van der Waals surface area contributed by atoms with Gasteiger partial charge in [-0.3, -0.25) is 0 Å². The second-order valence-electron chi connectivity index (χ2n) is 5.49. The van der Waals surface area contributed by atoms with Crippen LogP contribution in [0, 0.1) is 17.6 Å². The first-order valence-electron chi connectivity index (χ1n) is 7.52. The number of ether oxygens (including phenoxy) is 1. The van der Waals surface area contributed by atoms with E-state index in [1.807, 2.05) is 0 Å². The van der Waals surface area contributed by atoms with Gasteiger partial charge in [0.25, 0.3) is 0 Å². The van der Waals surface area contributed by atoms with Crippen LogP contribution in [0.15, 0.2) is 18.2 Å². The van der Waals surface area contributed by atoms with Gasteiger partial charge >= 0.3 is 0 Å². The van der Waals surface area contributed by atoms with Gasteiger partial charge in [0, 0.05) is 12.1 Å². The number of rotatable bonds is 7. The highest BCUT2D eigenvalue weighted by atomic mass is 19.1. The van der Waals surface area contributed by atoms with Gasteiger partial charge < -0.3 is 10.1 Å². The van der Waals surface area contributed by atoms with Crippen molar-refractivity contribution in [2.45, 2.75) is 45.1 Å². The minimum absolute atomic E-state index is 0.00583. The van der Waals surface area contributed by atoms with E-state index in [0.717, 1.165) is 31.2 Å². The van der Waals surface area contributed by atoms with Gasteiger partial charge in [-0.25, -0.2) is 8.78 Å². The van der Waals surface area contributed by atoms with E-state index in [4.69, 9.17) is 4.74 Å². The molecule has 1 aliphatic rings. The number of hydrogen-bond donors (Lipinski definition) is 1. The van der Waals surface area contributed by atoms with E-state index in [9.17, 15) is 8.78 Å². The molecule has 1 aromatic carbocycles. The summed E-state index contributed by atoms with van der Waals surface area (Å²) in [4.78, 5) is 0. The molecular weight excluding hydrogens is 260 g/mol. The van der Waals surface area contributed by atoms with Crippen LogP contribution >= 0.6 is 0 Å². The number of benzene rings is 1. The SMILES string of the molecule is CCCNC(COc1cc(F)ccc1F)C1CCCC1. The van der Waals surface area contributed by atoms with Gasteiger partial charge in [0.2, 0.25) is 0 Å². The Bertz CT molecular complexity index is 419. The lowest BCUT2D eigenvalue weighted by Crippen LogP contribution is -2.40. The monoisotopic (exact) mass is 283 g/mol. The highest BCUT2D eigenvalue weighted by Crippen LogP contribution is 2.28. The molecule has 0 radical (unpaired) electrons. The third-order valence-corrected chi connectivity index (χ3v) is 3.94. The molecule has 0 heterocycles. The van der Waals surface area contributed by atoms with Gasteiger partial charge in [-0.15, -0.1) is 0 Å². The third-order valence-electron chi connectivity index (χ3n) is 3.94. The lowest BCUT2D eigenvalue weighted by atomic mass is 9.98. The molecule has 1 N–H and O–H groups in total. The first kappa shape index (κ1) is 15.2. The van der Waals surface area contributed by atoms with Gasteiger partial charge in [0.05, 0.1) is 0 Å². The van der Waals surface area contributed by atoms with Crippen molar-refractivity contribution < 1.29 is 13.5 Å². The summed E-state index contributed by atoms with van der Waals surface area (Å²) in [6, 6.07) is 3.54. The van der Waals surface area contributed by atoms with Gasteiger partial charge in [0.1, 0.15) is 12.4 Å². The quantitative estimate of drug-likeness (QED) is 0.819. The first-order chi connectivity index (χ1) is 9.70. The van der Waals surface area contributed by atoms with Crippen LogP contribution in [0.1, 0.15) is 39.0 Å². The van der Waals surface area contributed by atoms with Gasteiger partial charge in [-0.1, -0.05) is 19.8 Å². The zero-order valence-electron chi connectivity index (χ0n) is 12.0. The third kappa shape index (κ3) is 4.17. The van der Waals surface area contributed by atoms with Crippen molar-refractivity contribution in [2.24, 2.45) is 5.92 Å². The van der Waals surface area contributed by atoms with Gasteiger partial charge in [-0.05, 0) is 43.9 Å². The fourth-order valence-corrected chi connectivity index (χ4v) is 2.82. The van der Waals surface area contributed by atoms with Crippen LogP contribution in [0.2, 0.25) is 0 Å².